The van der Waals surface area contributed by atoms with Gasteiger partial charge in [0.2, 0.25) is 6.29 Å². The van der Waals surface area contributed by atoms with E-state index >= 15 is 0 Å². The molecule has 40 valence electrons. The number of fused-ring (bicyclic) bond motifs is 1. The number of ether oxygens (including phenoxy) is 2. The summed E-state index contributed by atoms with van der Waals surface area (Å²) in [5.41, 5.74) is 0. The second kappa shape index (κ2) is 0.935. The molecular weight excluding hydrogens is 139 g/mol. The molecule has 2 fully saturated rings. The van der Waals surface area contributed by atoms with Gasteiger partial charge >= 0.3 is 0 Å². The van der Waals surface area contributed by atoms with Crippen LogP contribution >= 0.6 is 23.2 Å². The van der Waals surface area contributed by atoms with Gasteiger partial charge in [0.1, 0.15) is 0 Å². The van der Waals surface area contributed by atoms with Gasteiger partial charge in [-0.05, 0) is 0 Å². The Labute approximate surface area is 50.3 Å². The van der Waals surface area contributed by atoms with E-state index in [4.69, 9.17) is 32.7 Å². The molecule has 0 atom stereocenters. The molecule has 0 amide bonds. The maximum atomic E-state index is 5.37. The molecule has 0 radical (unpaired) electrons. The second-order valence-electron chi connectivity index (χ2n) is 1.59. The molecule has 2 rings (SSSR count). The molecule has 0 N–H and O–H groups in total. The van der Waals surface area contributed by atoms with Crippen molar-refractivity contribution in [2.75, 3.05) is 0 Å². The average molecular weight is 141 g/mol. The summed E-state index contributed by atoms with van der Waals surface area (Å²) in [5, 5.41) is 0. The van der Waals surface area contributed by atoms with Crippen molar-refractivity contribution in [1.82, 2.24) is 0 Å². The largest absolute Gasteiger partial charge is 0.308 e. The molecule has 2 aliphatic rings. The van der Waals surface area contributed by atoms with Crippen LogP contribution in [0.5, 0.6) is 0 Å². The molecule has 4 heteroatoms. The van der Waals surface area contributed by atoms with E-state index in [-0.39, 0.29) is 6.29 Å². The monoisotopic (exact) mass is 140 g/mol. The second-order valence-corrected chi connectivity index (χ2v) is 2.69. The van der Waals surface area contributed by atoms with Gasteiger partial charge in [0, 0.05) is 0 Å². The molecule has 2 nitrogen and oxygen atoms in total. The van der Waals surface area contributed by atoms with Gasteiger partial charge in [0.15, 0.2) is 4.84 Å². The van der Waals surface area contributed by atoms with Gasteiger partial charge in [0.05, 0.1) is 0 Å². The first kappa shape index (κ1) is 4.39. The zero-order valence-electron chi connectivity index (χ0n) is 3.23. The number of hydrogen-bond donors (Lipinski definition) is 0. The van der Waals surface area contributed by atoms with Crippen molar-refractivity contribution in [1.29, 1.82) is 0 Å². The first-order valence-corrected chi connectivity index (χ1v) is 2.77. The van der Waals surface area contributed by atoms with Crippen molar-refractivity contribution in [3.63, 3.8) is 0 Å². The van der Waals surface area contributed by atoms with Crippen LogP contribution in [0.4, 0.5) is 0 Å². The van der Waals surface area contributed by atoms with E-state index < -0.39 is 10.6 Å². The minimum absolute atomic E-state index is 0.0764. The molecule has 7 heavy (non-hydrogen) atoms. The lowest BCUT2D eigenvalue weighted by molar-refractivity contribution is -0.0430. The molecule has 0 unspecified atom stereocenters. The molecule has 2 aliphatic heterocycles. The third-order valence-corrected chi connectivity index (χ3v) is 1.71. The molecule has 0 aromatic carbocycles. The van der Waals surface area contributed by atoms with E-state index in [1.165, 1.54) is 0 Å². The molecule has 0 aromatic rings. The Bertz CT molecular complexity index is 108. The van der Waals surface area contributed by atoms with E-state index in [1.54, 1.807) is 0 Å². The smallest absolute Gasteiger partial charge is 0.256 e. The van der Waals surface area contributed by atoms with Crippen LogP contribution in [0.3, 0.4) is 0 Å². The summed E-state index contributed by atoms with van der Waals surface area (Å²) < 4.78 is 9.54. The number of hydrogen-bond acceptors (Lipinski definition) is 2. The van der Waals surface area contributed by atoms with Crippen LogP contribution in [0.2, 0.25) is 0 Å². The van der Waals surface area contributed by atoms with Crippen molar-refractivity contribution in [3.8, 4) is 0 Å². The highest BCUT2D eigenvalue weighted by molar-refractivity contribution is 6.45. The lowest BCUT2D eigenvalue weighted by atomic mass is 10.6. The van der Waals surface area contributed by atoms with Gasteiger partial charge in [-0.2, -0.15) is 0 Å². The van der Waals surface area contributed by atoms with Crippen molar-refractivity contribution in [2.45, 2.75) is 16.9 Å². The number of rotatable bonds is 1. The maximum absolute atomic E-state index is 5.37. The summed E-state index contributed by atoms with van der Waals surface area (Å²) in [5.74, 6) is -0.552. The molecule has 2 saturated heterocycles. The minimum Gasteiger partial charge on any atom is -0.308 e. The van der Waals surface area contributed by atoms with Gasteiger partial charge in [-0.3, -0.25) is 0 Å². The lowest BCUT2D eigenvalue weighted by Crippen LogP contribution is -2.07. The zero-order valence-corrected chi connectivity index (χ0v) is 4.74. The van der Waals surface area contributed by atoms with Crippen molar-refractivity contribution in [3.05, 3.63) is 0 Å². The highest BCUT2D eigenvalue weighted by atomic mass is 35.5. The summed E-state index contributed by atoms with van der Waals surface area (Å²) in [7, 11) is 0. The molecule has 0 aromatic heterocycles. The zero-order chi connectivity index (χ0) is 5.07. The lowest BCUT2D eigenvalue weighted by Gasteiger charge is -1.96. The van der Waals surface area contributed by atoms with E-state index in [1.807, 2.05) is 0 Å². The highest BCUT2D eigenvalue weighted by Crippen LogP contribution is 2.60. The van der Waals surface area contributed by atoms with Crippen molar-refractivity contribution in [2.24, 2.45) is 0 Å². The van der Waals surface area contributed by atoms with Gasteiger partial charge < -0.3 is 9.47 Å². The van der Waals surface area contributed by atoms with Gasteiger partial charge in [-0.15, -0.1) is 0 Å². The van der Waals surface area contributed by atoms with E-state index in [9.17, 15) is 0 Å². The topological polar surface area (TPSA) is 25.1 Å². The number of halogens is 2. The Morgan fingerprint density at radius 1 is 1.43 bits per heavy atom. The van der Waals surface area contributed by atoms with Crippen LogP contribution in [0.25, 0.3) is 0 Å². The Hall–Kier alpha value is 0.500. The van der Waals surface area contributed by atoms with E-state index in [0.29, 0.717) is 0 Å². The van der Waals surface area contributed by atoms with Crippen LogP contribution in [-0.2, 0) is 9.47 Å². The predicted octanol–water partition coefficient (Wildman–Crippen LogP) is 0.873. The highest BCUT2D eigenvalue weighted by Gasteiger charge is 2.81. The minimum atomic E-state index is -0.552. The fourth-order valence-corrected chi connectivity index (χ4v) is 0.893. The van der Waals surface area contributed by atoms with Crippen molar-refractivity contribution >= 4 is 23.2 Å². The fourth-order valence-electron chi connectivity index (χ4n) is 0.481. The average Bonchev–Trinajstić information content (AvgIpc) is 2.04. The predicted molar refractivity (Wildman–Crippen MR) is 24.2 cm³/mol. The summed E-state index contributed by atoms with van der Waals surface area (Å²) >= 11 is 10.7. The van der Waals surface area contributed by atoms with Crippen LogP contribution in [0.1, 0.15) is 0 Å². The first-order chi connectivity index (χ1) is 3.26. The molecule has 0 spiro atoms. The molecule has 0 aliphatic carbocycles. The van der Waals surface area contributed by atoms with Crippen LogP contribution < -0.4 is 0 Å². The Morgan fingerprint density at radius 2 is 1.86 bits per heavy atom. The summed E-state index contributed by atoms with van der Waals surface area (Å²) in [4.78, 5) is -0.516. The summed E-state index contributed by atoms with van der Waals surface area (Å²) in [6.45, 7) is 0. The Kier molecular flexibility index (Phi) is 0.586. The maximum Gasteiger partial charge on any atom is 0.256 e. The van der Waals surface area contributed by atoms with Crippen LogP contribution in [0, 0.1) is 0 Å². The number of epoxide rings is 2. The normalized spacial score (nSPS) is 54.4. The molecular formula is C3H2Cl2O2. The van der Waals surface area contributed by atoms with Crippen molar-refractivity contribution < 1.29 is 9.47 Å². The third kappa shape index (κ3) is 0.385. The fraction of sp³-hybridized carbons (Fsp3) is 1.00. The van der Waals surface area contributed by atoms with Gasteiger partial charge in [-0.1, -0.05) is 23.2 Å². The van der Waals surface area contributed by atoms with Crippen LogP contribution in [-0.4, -0.2) is 16.9 Å². The van der Waals surface area contributed by atoms with E-state index in [2.05, 4.69) is 0 Å². The summed E-state index contributed by atoms with van der Waals surface area (Å²) in [6, 6.07) is 0. The SMILES string of the molecule is ClC(Cl)C12OC1O2. The Balaban J connectivity index is 2.08. The van der Waals surface area contributed by atoms with E-state index in [0.717, 1.165) is 0 Å². The molecule has 0 bridgehead atoms. The van der Waals surface area contributed by atoms with Gasteiger partial charge in [0.25, 0.3) is 5.79 Å². The van der Waals surface area contributed by atoms with Crippen LogP contribution in [0.15, 0.2) is 0 Å². The third-order valence-electron chi connectivity index (χ3n) is 1.10. The molecule has 2 heterocycles. The summed E-state index contributed by atoms with van der Waals surface area (Å²) in [6.07, 6.45) is -0.0764. The van der Waals surface area contributed by atoms with Gasteiger partial charge in [-0.25, -0.2) is 0 Å². The standard InChI is InChI=1S/C3H2Cl2O2/c4-1(5)3-2(6-3)7-3/h1-2H. The molecule has 0 saturated carbocycles. The number of alkyl halides is 2. The quantitative estimate of drug-likeness (QED) is 0.399. The first-order valence-electron chi connectivity index (χ1n) is 1.89. The Morgan fingerprint density at radius 3 is 1.86 bits per heavy atom.